The molecule has 0 aliphatic carbocycles. The Morgan fingerprint density at radius 1 is 1.50 bits per heavy atom. The fourth-order valence-corrected chi connectivity index (χ4v) is 3.30. The van der Waals surface area contributed by atoms with Crippen molar-refractivity contribution < 1.29 is 4.79 Å². The molecule has 0 atom stereocenters. The van der Waals surface area contributed by atoms with Gasteiger partial charge in [-0.1, -0.05) is 30.0 Å². The van der Waals surface area contributed by atoms with Crippen molar-refractivity contribution in [1.82, 2.24) is 10.3 Å². The number of carbonyl (C=O) groups excluding carboxylic acids is 1. The third-order valence-corrected chi connectivity index (χ3v) is 4.45. The first-order valence-electron chi connectivity index (χ1n) is 5.65. The van der Waals surface area contributed by atoms with Crippen molar-refractivity contribution in [3.63, 3.8) is 0 Å². The van der Waals surface area contributed by atoms with Crippen LogP contribution in [0.3, 0.4) is 0 Å². The highest BCUT2D eigenvalue weighted by atomic mass is 32.2. The Labute approximate surface area is 114 Å². The lowest BCUT2D eigenvalue weighted by molar-refractivity contribution is -0.118. The first kappa shape index (κ1) is 13.1. The van der Waals surface area contributed by atoms with E-state index in [0.717, 1.165) is 21.0 Å². The summed E-state index contributed by atoms with van der Waals surface area (Å²) in [5.74, 6) is 0.456. The first-order chi connectivity index (χ1) is 8.79. The molecule has 0 aliphatic rings. The van der Waals surface area contributed by atoms with Crippen LogP contribution in [0.4, 0.5) is 0 Å². The SMILES string of the molecule is C=CCCNC(=O)CSc1nc2ccccc2s1. The lowest BCUT2D eigenvalue weighted by Gasteiger charge is -2.01. The van der Waals surface area contributed by atoms with Gasteiger partial charge in [-0.2, -0.15) is 0 Å². The zero-order valence-electron chi connectivity index (χ0n) is 9.89. The predicted molar refractivity (Wildman–Crippen MR) is 78.2 cm³/mol. The van der Waals surface area contributed by atoms with Crippen LogP contribution in [-0.2, 0) is 4.79 Å². The predicted octanol–water partition coefficient (Wildman–Crippen LogP) is 3.08. The summed E-state index contributed by atoms with van der Waals surface area (Å²) in [5, 5.41) is 2.83. The smallest absolute Gasteiger partial charge is 0.230 e. The second kappa shape index (κ2) is 6.56. The molecule has 94 valence electrons. The molecule has 0 aliphatic heterocycles. The number of hydrogen-bond donors (Lipinski definition) is 1. The molecule has 2 rings (SSSR count). The van der Waals surface area contributed by atoms with Gasteiger partial charge in [-0.3, -0.25) is 4.79 Å². The van der Waals surface area contributed by atoms with Crippen LogP contribution >= 0.6 is 23.1 Å². The second-order valence-corrected chi connectivity index (χ2v) is 5.92. The Morgan fingerprint density at radius 2 is 2.33 bits per heavy atom. The summed E-state index contributed by atoms with van der Waals surface area (Å²) >= 11 is 3.11. The van der Waals surface area contributed by atoms with E-state index in [0.29, 0.717) is 12.3 Å². The van der Waals surface area contributed by atoms with E-state index in [-0.39, 0.29) is 5.91 Å². The van der Waals surface area contributed by atoms with E-state index in [1.807, 2.05) is 24.3 Å². The normalized spacial score (nSPS) is 10.4. The number of para-hydroxylation sites is 1. The van der Waals surface area contributed by atoms with Gasteiger partial charge in [0.15, 0.2) is 4.34 Å². The Hall–Kier alpha value is -1.33. The van der Waals surface area contributed by atoms with Gasteiger partial charge < -0.3 is 5.32 Å². The summed E-state index contributed by atoms with van der Waals surface area (Å²) in [4.78, 5) is 16.0. The van der Waals surface area contributed by atoms with Crippen LogP contribution in [0, 0.1) is 0 Å². The third-order valence-electron chi connectivity index (χ3n) is 2.27. The van der Waals surface area contributed by atoms with Crippen molar-refractivity contribution in [1.29, 1.82) is 0 Å². The Balaban J connectivity index is 1.86. The number of hydrogen-bond acceptors (Lipinski definition) is 4. The summed E-state index contributed by atoms with van der Waals surface area (Å²) < 4.78 is 2.10. The van der Waals surface area contributed by atoms with Crippen molar-refractivity contribution in [3.8, 4) is 0 Å². The van der Waals surface area contributed by atoms with Crippen molar-refractivity contribution >= 4 is 39.2 Å². The van der Waals surface area contributed by atoms with Gasteiger partial charge in [0, 0.05) is 6.54 Å². The highest BCUT2D eigenvalue weighted by Gasteiger charge is 2.06. The lowest BCUT2D eigenvalue weighted by atomic mass is 10.3. The van der Waals surface area contributed by atoms with E-state index in [1.165, 1.54) is 11.8 Å². The van der Waals surface area contributed by atoms with Crippen LogP contribution < -0.4 is 5.32 Å². The molecule has 2 aromatic rings. The molecule has 0 spiro atoms. The van der Waals surface area contributed by atoms with E-state index < -0.39 is 0 Å². The molecule has 1 amide bonds. The maximum Gasteiger partial charge on any atom is 0.230 e. The molecule has 0 bridgehead atoms. The molecular formula is C13H14N2OS2. The summed E-state index contributed by atoms with van der Waals surface area (Å²) in [5.41, 5.74) is 0.997. The number of amides is 1. The van der Waals surface area contributed by atoms with Crippen LogP contribution in [-0.4, -0.2) is 23.2 Å². The van der Waals surface area contributed by atoms with Crippen molar-refractivity contribution in [2.45, 2.75) is 10.8 Å². The fourth-order valence-electron chi connectivity index (χ4n) is 1.40. The fraction of sp³-hybridized carbons (Fsp3) is 0.231. The molecule has 1 aromatic carbocycles. The molecule has 18 heavy (non-hydrogen) atoms. The molecule has 0 radical (unpaired) electrons. The second-order valence-electron chi connectivity index (χ2n) is 3.66. The number of rotatable bonds is 6. The maximum atomic E-state index is 11.5. The average molecular weight is 278 g/mol. The summed E-state index contributed by atoms with van der Waals surface area (Å²) in [6.45, 7) is 4.27. The van der Waals surface area contributed by atoms with Crippen LogP contribution in [0.2, 0.25) is 0 Å². The van der Waals surface area contributed by atoms with E-state index in [1.54, 1.807) is 17.4 Å². The van der Waals surface area contributed by atoms with Gasteiger partial charge in [-0.05, 0) is 18.6 Å². The quantitative estimate of drug-likeness (QED) is 0.501. The number of benzene rings is 1. The van der Waals surface area contributed by atoms with E-state index in [9.17, 15) is 4.79 Å². The van der Waals surface area contributed by atoms with Gasteiger partial charge >= 0.3 is 0 Å². The summed E-state index contributed by atoms with van der Waals surface area (Å²) in [6, 6.07) is 8.00. The van der Waals surface area contributed by atoms with E-state index >= 15 is 0 Å². The molecular weight excluding hydrogens is 264 g/mol. The number of carbonyl (C=O) groups is 1. The minimum atomic E-state index is 0.0427. The molecule has 0 fully saturated rings. The minimum absolute atomic E-state index is 0.0427. The van der Waals surface area contributed by atoms with Gasteiger partial charge in [0.1, 0.15) is 0 Å². The minimum Gasteiger partial charge on any atom is -0.355 e. The van der Waals surface area contributed by atoms with Gasteiger partial charge in [-0.25, -0.2) is 4.98 Å². The highest BCUT2D eigenvalue weighted by molar-refractivity contribution is 8.01. The van der Waals surface area contributed by atoms with E-state index in [2.05, 4.69) is 16.9 Å². The van der Waals surface area contributed by atoms with Crippen LogP contribution in [0.25, 0.3) is 10.2 Å². The van der Waals surface area contributed by atoms with Crippen molar-refractivity contribution in [2.75, 3.05) is 12.3 Å². The molecule has 1 aromatic heterocycles. The van der Waals surface area contributed by atoms with Gasteiger partial charge in [0.05, 0.1) is 16.0 Å². The highest BCUT2D eigenvalue weighted by Crippen LogP contribution is 2.28. The molecule has 1 heterocycles. The van der Waals surface area contributed by atoms with Crippen LogP contribution in [0.5, 0.6) is 0 Å². The largest absolute Gasteiger partial charge is 0.355 e. The number of nitrogens with zero attached hydrogens (tertiary/aromatic N) is 1. The summed E-state index contributed by atoms with van der Waals surface area (Å²) in [7, 11) is 0. The summed E-state index contributed by atoms with van der Waals surface area (Å²) in [6.07, 6.45) is 2.60. The molecule has 3 nitrogen and oxygen atoms in total. The van der Waals surface area contributed by atoms with Crippen molar-refractivity contribution in [3.05, 3.63) is 36.9 Å². The molecule has 0 saturated heterocycles. The van der Waals surface area contributed by atoms with Crippen LogP contribution in [0.1, 0.15) is 6.42 Å². The number of thiazole rings is 1. The standard InChI is InChI=1S/C13H14N2OS2/c1-2-3-8-14-12(16)9-17-13-15-10-6-4-5-7-11(10)18-13/h2,4-7H,1,3,8-9H2,(H,14,16). The topological polar surface area (TPSA) is 42.0 Å². The Morgan fingerprint density at radius 3 is 3.11 bits per heavy atom. The molecule has 1 N–H and O–H groups in total. The number of aromatic nitrogens is 1. The number of thioether (sulfide) groups is 1. The Kier molecular flexibility index (Phi) is 4.78. The van der Waals surface area contributed by atoms with E-state index in [4.69, 9.17) is 0 Å². The molecule has 0 saturated carbocycles. The lowest BCUT2D eigenvalue weighted by Crippen LogP contribution is -2.25. The van der Waals surface area contributed by atoms with Crippen molar-refractivity contribution in [2.24, 2.45) is 0 Å². The zero-order chi connectivity index (χ0) is 12.8. The van der Waals surface area contributed by atoms with Crippen LogP contribution in [0.15, 0.2) is 41.3 Å². The number of nitrogens with one attached hydrogen (secondary N) is 1. The zero-order valence-corrected chi connectivity index (χ0v) is 11.5. The first-order valence-corrected chi connectivity index (χ1v) is 7.46. The average Bonchev–Trinajstić information content (AvgIpc) is 2.79. The molecule has 5 heteroatoms. The number of fused-ring (bicyclic) bond motifs is 1. The third kappa shape index (κ3) is 3.58. The van der Waals surface area contributed by atoms with Gasteiger partial charge in [-0.15, -0.1) is 17.9 Å². The monoisotopic (exact) mass is 278 g/mol. The molecule has 0 unspecified atom stereocenters. The maximum absolute atomic E-state index is 11.5. The van der Waals surface area contributed by atoms with Gasteiger partial charge in [0.2, 0.25) is 5.91 Å². The Bertz CT molecular complexity index is 518. The van der Waals surface area contributed by atoms with Gasteiger partial charge in [0.25, 0.3) is 0 Å².